The summed E-state index contributed by atoms with van der Waals surface area (Å²) in [5.41, 5.74) is 9.42. The number of benzene rings is 1. The van der Waals surface area contributed by atoms with E-state index in [2.05, 4.69) is 36.2 Å². The molecule has 0 saturated heterocycles. The number of aryl methyl sites for hydroxylation is 1. The minimum Gasteiger partial charge on any atom is -0.329 e. The van der Waals surface area contributed by atoms with E-state index in [1.54, 1.807) is 0 Å². The maximum Gasteiger partial charge on any atom is 0.0375 e. The van der Waals surface area contributed by atoms with E-state index in [9.17, 15) is 0 Å². The molecule has 1 unspecified atom stereocenters. The molecule has 0 heterocycles. The van der Waals surface area contributed by atoms with E-state index in [0.29, 0.717) is 0 Å². The van der Waals surface area contributed by atoms with Gasteiger partial charge < -0.3 is 5.73 Å². The van der Waals surface area contributed by atoms with Crippen LogP contribution in [0.3, 0.4) is 0 Å². The molecule has 1 fully saturated rings. The second-order valence-electron chi connectivity index (χ2n) is 6.07. The van der Waals surface area contributed by atoms with Gasteiger partial charge >= 0.3 is 0 Å². The van der Waals surface area contributed by atoms with Gasteiger partial charge in [-0.3, -0.25) is 4.90 Å². The van der Waals surface area contributed by atoms with E-state index in [1.807, 2.05) is 0 Å². The number of hydrogen-bond acceptors (Lipinski definition) is 2. The summed E-state index contributed by atoms with van der Waals surface area (Å²) in [5.74, 6) is 0. The highest BCUT2D eigenvalue weighted by Crippen LogP contribution is 2.37. The summed E-state index contributed by atoms with van der Waals surface area (Å²) in [6, 6.07) is 9.66. The third-order valence-electron chi connectivity index (χ3n) is 5.25. The Labute approximate surface area is 110 Å². The molecule has 0 radical (unpaired) electrons. The summed E-state index contributed by atoms with van der Waals surface area (Å²) in [7, 11) is 2.30. The zero-order valence-electron chi connectivity index (χ0n) is 11.4. The predicted octanol–water partition coefficient (Wildman–Crippen LogP) is 2.36. The number of hydrogen-bond donors (Lipinski definition) is 1. The number of nitrogens with zero attached hydrogens (tertiary/aromatic N) is 1. The number of nitrogens with two attached hydrogens (primary N) is 1. The Morgan fingerprint density at radius 3 is 2.61 bits per heavy atom. The fraction of sp³-hybridized carbons (Fsp3) is 0.625. The van der Waals surface area contributed by atoms with Crippen LogP contribution in [0.5, 0.6) is 0 Å². The van der Waals surface area contributed by atoms with E-state index >= 15 is 0 Å². The van der Waals surface area contributed by atoms with Gasteiger partial charge in [-0.2, -0.15) is 0 Å². The minimum absolute atomic E-state index is 0.208. The van der Waals surface area contributed by atoms with Crippen molar-refractivity contribution in [3.05, 3.63) is 35.4 Å². The fourth-order valence-corrected chi connectivity index (χ4v) is 3.56. The second-order valence-corrected chi connectivity index (χ2v) is 6.07. The van der Waals surface area contributed by atoms with Crippen molar-refractivity contribution < 1.29 is 0 Å². The van der Waals surface area contributed by atoms with Crippen LogP contribution in [-0.2, 0) is 12.8 Å². The van der Waals surface area contributed by atoms with Crippen molar-refractivity contribution in [1.29, 1.82) is 0 Å². The molecule has 0 aliphatic heterocycles. The Bertz CT molecular complexity index is 425. The first-order chi connectivity index (χ1) is 8.75. The van der Waals surface area contributed by atoms with Gasteiger partial charge in [-0.1, -0.05) is 30.7 Å². The Hall–Kier alpha value is -0.860. The summed E-state index contributed by atoms with van der Waals surface area (Å²) in [6.07, 6.45) is 7.65. The highest BCUT2D eigenvalue weighted by atomic mass is 15.2. The molecule has 0 spiro atoms. The van der Waals surface area contributed by atoms with Gasteiger partial charge in [0.2, 0.25) is 0 Å². The molecule has 1 aromatic rings. The molecular formula is C16H24N2. The van der Waals surface area contributed by atoms with Gasteiger partial charge in [-0.05, 0) is 50.3 Å². The minimum atomic E-state index is 0.208. The van der Waals surface area contributed by atoms with Gasteiger partial charge in [0.1, 0.15) is 0 Å². The van der Waals surface area contributed by atoms with Gasteiger partial charge in [0.15, 0.2) is 0 Å². The maximum absolute atomic E-state index is 6.17. The van der Waals surface area contributed by atoms with Crippen LogP contribution < -0.4 is 5.73 Å². The second kappa shape index (κ2) is 4.67. The SMILES string of the molecule is CN(C1CCC1)C1(CN)CCc2ccccc2C1. The van der Waals surface area contributed by atoms with Gasteiger partial charge in [0.25, 0.3) is 0 Å². The van der Waals surface area contributed by atoms with Gasteiger partial charge in [-0.25, -0.2) is 0 Å². The lowest BCUT2D eigenvalue weighted by Gasteiger charge is -2.50. The summed E-state index contributed by atoms with van der Waals surface area (Å²) in [4.78, 5) is 2.60. The molecule has 2 aliphatic rings. The van der Waals surface area contributed by atoms with E-state index in [4.69, 9.17) is 5.73 Å². The molecule has 2 N–H and O–H groups in total. The van der Waals surface area contributed by atoms with Crippen molar-refractivity contribution >= 4 is 0 Å². The molecule has 18 heavy (non-hydrogen) atoms. The smallest absolute Gasteiger partial charge is 0.0375 e. The molecule has 1 saturated carbocycles. The fourth-order valence-electron chi connectivity index (χ4n) is 3.56. The van der Waals surface area contributed by atoms with Crippen molar-refractivity contribution in [2.75, 3.05) is 13.6 Å². The van der Waals surface area contributed by atoms with E-state index in [1.165, 1.54) is 43.2 Å². The van der Waals surface area contributed by atoms with Crippen LogP contribution in [0.4, 0.5) is 0 Å². The predicted molar refractivity (Wildman–Crippen MR) is 75.7 cm³/mol. The summed E-state index contributed by atoms with van der Waals surface area (Å²) in [6.45, 7) is 0.786. The van der Waals surface area contributed by atoms with E-state index in [0.717, 1.165) is 19.0 Å². The number of fused-ring (bicyclic) bond motifs is 1. The first-order valence-electron chi connectivity index (χ1n) is 7.25. The summed E-state index contributed by atoms with van der Waals surface area (Å²) < 4.78 is 0. The van der Waals surface area contributed by atoms with Gasteiger partial charge in [-0.15, -0.1) is 0 Å². The monoisotopic (exact) mass is 244 g/mol. The van der Waals surface area contributed by atoms with Crippen molar-refractivity contribution in [3.8, 4) is 0 Å². The van der Waals surface area contributed by atoms with Crippen molar-refractivity contribution in [3.63, 3.8) is 0 Å². The average molecular weight is 244 g/mol. The zero-order valence-corrected chi connectivity index (χ0v) is 11.4. The Morgan fingerprint density at radius 1 is 1.28 bits per heavy atom. The average Bonchev–Trinajstić information content (AvgIpc) is 2.36. The summed E-state index contributed by atoms with van der Waals surface area (Å²) in [5, 5.41) is 0. The van der Waals surface area contributed by atoms with E-state index in [-0.39, 0.29) is 5.54 Å². The molecule has 2 nitrogen and oxygen atoms in total. The number of rotatable bonds is 3. The first kappa shape index (κ1) is 12.2. The summed E-state index contributed by atoms with van der Waals surface area (Å²) >= 11 is 0. The van der Waals surface area contributed by atoms with Crippen LogP contribution in [0.25, 0.3) is 0 Å². The Balaban J connectivity index is 1.85. The van der Waals surface area contributed by atoms with Crippen LogP contribution in [0.15, 0.2) is 24.3 Å². The molecule has 0 aromatic heterocycles. The molecule has 1 aromatic carbocycles. The molecule has 0 amide bonds. The molecular weight excluding hydrogens is 220 g/mol. The Kier molecular flexibility index (Phi) is 3.16. The largest absolute Gasteiger partial charge is 0.329 e. The van der Waals surface area contributed by atoms with Crippen LogP contribution in [0, 0.1) is 0 Å². The molecule has 0 bridgehead atoms. The molecule has 3 rings (SSSR count). The lowest BCUT2D eigenvalue weighted by atomic mass is 9.75. The van der Waals surface area contributed by atoms with Crippen LogP contribution in [0.1, 0.15) is 36.8 Å². The molecule has 2 aliphatic carbocycles. The molecule has 98 valence electrons. The van der Waals surface area contributed by atoms with Crippen LogP contribution in [-0.4, -0.2) is 30.1 Å². The van der Waals surface area contributed by atoms with Crippen molar-refractivity contribution in [2.24, 2.45) is 5.73 Å². The highest BCUT2D eigenvalue weighted by molar-refractivity contribution is 5.32. The number of likely N-dealkylation sites (N-methyl/N-ethyl adjacent to an activating group) is 1. The van der Waals surface area contributed by atoms with Crippen molar-refractivity contribution in [1.82, 2.24) is 4.90 Å². The normalized spacial score (nSPS) is 27.9. The molecule has 1 atom stereocenters. The lowest BCUT2D eigenvalue weighted by molar-refractivity contribution is 0.0282. The van der Waals surface area contributed by atoms with Gasteiger partial charge in [0, 0.05) is 18.1 Å². The van der Waals surface area contributed by atoms with Crippen LogP contribution >= 0.6 is 0 Å². The Morgan fingerprint density at radius 2 is 2.00 bits per heavy atom. The standard InChI is InChI=1S/C16H24N2/c1-18(15-7-4-8-15)16(12-17)10-9-13-5-2-3-6-14(13)11-16/h2-3,5-6,15H,4,7-12,17H2,1H3. The quantitative estimate of drug-likeness (QED) is 0.884. The van der Waals surface area contributed by atoms with E-state index < -0.39 is 0 Å². The maximum atomic E-state index is 6.17. The third kappa shape index (κ3) is 1.88. The topological polar surface area (TPSA) is 29.3 Å². The first-order valence-corrected chi connectivity index (χ1v) is 7.25. The lowest BCUT2D eigenvalue weighted by Crippen LogP contribution is -2.60. The van der Waals surface area contributed by atoms with Gasteiger partial charge in [0.05, 0.1) is 0 Å². The van der Waals surface area contributed by atoms with Crippen molar-refractivity contribution in [2.45, 2.75) is 50.1 Å². The van der Waals surface area contributed by atoms with Crippen LogP contribution in [0.2, 0.25) is 0 Å². The third-order valence-corrected chi connectivity index (χ3v) is 5.25. The zero-order chi connectivity index (χ0) is 12.6. The highest BCUT2D eigenvalue weighted by Gasteiger charge is 2.41. The molecule has 2 heteroatoms.